The van der Waals surface area contributed by atoms with Crippen molar-refractivity contribution in [2.24, 2.45) is 0 Å². The number of carbonyl (C=O) groups is 2. The molecule has 0 bridgehead atoms. The number of nitrogens with zero attached hydrogens (tertiary/aromatic N) is 4. The van der Waals surface area contributed by atoms with Crippen molar-refractivity contribution in [3.63, 3.8) is 0 Å². The van der Waals surface area contributed by atoms with E-state index in [1.54, 1.807) is 30.5 Å². The number of hydrogen-bond donors (Lipinski definition) is 2. The molecule has 10 nitrogen and oxygen atoms in total. The van der Waals surface area contributed by atoms with Crippen LogP contribution in [0.25, 0.3) is 0 Å². The van der Waals surface area contributed by atoms with Gasteiger partial charge in [-0.25, -0.2) is 9.97 Å². The molecule has 37 heavy (non-hydrogen) atoms. The van der Waals surface area contributed by atoms with Crippen LogP contribution in [0.3, 0.4) is 0 Å². The number of amides is 2. The molecular weight excluding hydrogens is 472 g/mol. The van der Waals surface area contributed by atoms with Gasteiger partial charge >= 0.3 is 0 Å². The molecule has 1 saturated carbocycles. The minimum Gasteiger partial charge on any atom is -0.493 e. The second-order valence-electron chi connectivity index (χ2n) is 9.99. The van der Waals surface area contributed by atoms with Gasteiger partial charge in [0.1, 0.15) is 11.9 Å². The van der Waals surface area contributed by atoms with Crippen molar-refractivity contribution in [2.45, 2.75) is 70.0 Å². The fourth-order valence-corrected chi connectivity index (χ4v) is 5.66. The van der Waals surface area contributed by atoms with Gasteiger partial charge in [0.05, 0.1) is 30.2 Å². The van der Waals surface area contributed by atoms with E-state index in [0.717, 1.165) is 43.5 Å². The molecule has 5 rings (SSSR count). The van der Waals surface area contributed by atoms with Crippen LogP contribution in [0.2, 0.25) is 0 Å². The molecule has 2 amide bonds. The maximum atomic E-state index is 13.1. The van der Waals surface area contributed by atoms with Gasteiger partial charge in [-0.15, -0.1) is 0 Å². The molecule has 1 unspecified atom stereocenters. The van der Waals surface area contributed by atoms with Crippen molar-refractivity contribution in [3.05, 3.63) is 30.1 Å². The SMILES string of the molecule is CCC1C(=O)N(C)c2cnc(Nc3ncc(C(=O)NC4CCOCC4)cc3OC)cc2N1C1CCCC1. The summed E-state index contributed by atoms with van der Waals surface area (Å²) < 4.78 is 10.9. The Kier molecular flexibility index (Phi) is 7.45. The fourth-order valence-electron chi connectivity index (χ4n) is 5.66. The van der Waals surface area contributed by atoms with Crippen LogP contribution in [0.4, 0.5) is 23.0 Å². The van der Waals surface area contributed by atoms with E-state index in [4.69, 9.17) is 9.47 Å². The smallest absolute Gasteiger partial charge is 0.253 e. The molecule has 0 aromatic carbocycles. The Morgan fingerprint density at radius 3 is 2.57 bits per heavy atom. The molecule has 1 saturated heterocycles. The largest absolute Gasteiger partial charge is 0.493 e. The molecule has 2 aliphatic heterocycles. The first-order valence-corrected chi connectivity index (χ1v) is 13.3. The topological polar surface area (TPSA) is 109 Å². The first-order valence-electron chi connectivity index (χ1n) is 13.3. The first kappa shape index (κ1) is 25.3. The predicted octanol–water partition coefficient (Wildman–Crippen LogP) is 3.64. The van der Waals surface area contributed by atoms with E-state index in [1.165, 1.54) is 12.8 Å². The third-order valence-corrected chi connectivity index (χ3v) is 7.70. The van der Waals surface area contributed by atoms with Crippen LogP contribution in [0.5, 0.6) is 5.75 Å². The molecule has 2 N–H and O–H groups in total. The second-order valence-corrected chi connectivity index (χ2v) is 9.99. The van der Waals surface area contributed by atoms with Crippen molar-refractivity contribution in [2.75, 3.05) is 42.5 Å². The van der Waals surface area contributed by atoms with Crippen LogP contribution in [0.15, 0.2) is 24.5 Å². The molecule has 2 aromatic heterocycles. The number of pyridine rings is 2. The lowest BCUT2D eigenvalue weighted by molar-refractivity contribution is -0.120. The van der Waals surface area contributed by atoms with Crippen molar-refractivity contribution in [1.29, 1.82) is 0 Å². The lowest BCUT2D eigenvalue weighted by Crippen LogP contribution is -2.55. The lowest BCUT2D eigenvalue weighted by Gasteiger charge is -2.44. The van der Waals surface area contributed by atoms with E-state index in [1.807, 2.05) is 13.1 Å². The van der Waals surface area contributed by atoms with Crippen LogP contribution in [0.1, 0.15) is 62.2 Å². The zero-order valence-electron chi connectivity index (χ0n) is 21.8. The third kappa shape index (κ3) is 5.07. The maximum absolute atomic E-state index is 13.1. The Labute approximate surface area is 217 Å². The average molecular weight is 509 g/mol. The summed E-state index contributed by atoms with van der Waals surface area (Å²) in [5, 5.41) is 6.32. The highest BCUT2D eigenvalue weighted by molar-refractivity contribution is 6.05. The van der Waals surface area contributed by atoms with E-state index in [2.05, 4.69) is 32.4 Å². The van der Waals surface area contributed by atoms with Crippen molar-refractivity contribution < 1.29 is 19.1 Å². The molecular formula is C27H36N6O4. The van der Waals surface area contributed by atoms with Gasteiger partial charge in [-0.05, 0) is 38.2 Å². The lowest BCUT2D eigenvalue weighted by atomic mass is 10.0. The molecule has 3 aliphatic rings. The quantitative estimate of drug-likeness (QED) is 0.584. The van der Waals surface area contributed by atoms with Crippen molar-refractivity contribution in [3.8, 4) is 5.75 Å². The summed E-state index contributed by atoms with van der Waals surface area (Å²) in [5.74, 6) is 1.45. The van der Waals surface area contributed by atoms with E-state index in [9.17, 15) is 9.59 Å². The molecule has 0 radical (unpaired) electrons. The van der Waals surface area contributed by atoms with Crippen LogP contribution in [0, 0.1) is 0 Å². The number of hydrogen-bond acceptors (Lipinski definition) is 8. The molecule has 1 atom stereocenters. The molecule has 0 spiro atoms. The van der Waals surface area contributed by atoms with Gasteiger partial charge in [0, 0.05) is 44.6 Å². The number of anilines is 4. The van der Waals surface area contributed by atoms with Crippen LogP contribution >= 0.6 is 0 Å². The molecule has 198 valence electrons. The molecule has 4 heterocycles. The Morgan fingerprint density at radius 1 is 1.11 bits per heavy atom. The summed E-state index contributed by atoms with van der Waals surface area (Å²) in [4.78, 5) is 39.0. The van der Waals surface area contributed by atoms with Crippen molar-refractivity contribution in [1.82, 2.24) is 15.3 Å². The number of methoxy groups -OCH3 is 1. The zero-order chi connectivity index (χ0) is 25.9. The monoisotopic (exact) mass is 508 g/mol. The maximum Gasteiger partial charge on any atom is 0.253 e. The highest BCUT2D eigenvalue weighted by atomic mass is 16.5. The summed E-state index contributed by atoms with van der Waals surface area (Å²) in [6.45, 7) is 3.38. The van der Waals surface area contributed by atoms with E-state index in [-0.39, 0.29) is 23.9 Å². The average Bonchev–Trinajstić information content (AvgIpc) is 3.46. The normalized spacial score (nSPS) is 20.6. The van der Waals surface area contributed by atoms with Gasteiger partial charge in [-0.1, -0.05) is 19.8 Å². The number of ether oxygens (including phenoxy) is 2. The fraction of sp³-hybridized carbons (Fsp3) is 0.556. The van der Waals surface area contributed by atoms with Crippen LogP contribution in [-0.4, -0.2) is 67.3 Å². The Morgan fingerprint density at radius 2 is 1.86 bits per heavy atom. The Balaban J connectivity index is 1.40. The van der Waals surface area contributed by atoms with Crippen LogP contribution < -0.4 is 25.2 Å². The van der Waals surface area contributed by atoms with Crippen LogP contribution in [-0.2, 0) is 9.53 Å². The third-order valence-electron chi connectivity index (χ3n) is 7.70. The molecule has 2 fully saturated rings. The number of likely N-dealkylation sites (N-methyl/N-ethyl adjacent to an activating group) is 1. The van der Waals surface area contributed by atoms with E-state index in [0.29, 0.717) is 42.2 Å². The Hall–Kier alpha value is -3.40. The highest BCUT2D eigenvalue weighted by Crippen LogP contribution is 2.42. The highest BCUT2D eigenvalue weighted by Gasteiger charge is 2.40. The molecule has 10 heteroatoms. The number of nitrogens with one attached hydrogen (secondary N) is 2. The summed E-state index contributed by atoms with van der Waals surface area (Å²) in [5.41, 5.74) is 2.25. The number of carbonyl (C=O) groups excluding carboxylic acids is 2. The zero-order valence-corrected chi connectivity index (χ0v) is 21.8. The summed E-state index contributed by atoms with van der Waals surface area (Å²) in [7, 11) is 3.37. The summed E-state index contributed by atoms with van der Waals surface area (Å²) in [6.07, 6.45) is 10.2. The standard InChI is InChI=1S/C27H36N6O4/c1-4-20-27(35)32(2)22-16-28-24(14-21(22)33(20)19-7-5-6-8-19)31-25-23(36-3)13-17(15-29-25)26(34)30-18-9-11-37-12-10-18/h13-16,18-20H,4-12H2,1-3H3,(H,30,34)(H,28,29,31). The number of fused-ring (bicyclic) bond motifs is 1. The van der Waals surface area contributed by atoms with E-state index < -0.39 is 0 Å². The Bertz CT molecular complexity index is 1150. The van der Waals surface area contributed by atoms with Gasteiger partial charge in [-0.2, -0.15) is 0 Å². The first-order chi connectivity index (χ1) is 18.0. The summed E-state index contributed by atoms with van der Waals surface area (Å²) >= 11 is 0. The summed E-state index contributed by atoms with van der Waals surface area (Å²) in [6, 6.07) is 3.94. The predicted molar refractivity (Wildman–Crippen MR) is 142 cm³/mol. The number of rotatable bonds is 7. The van der Waals surface area contributed by atoms with Gasteiger partial charge < -0.3 is 29.9 Å². The second kappa shape index (κ2) is 10.9. The van der Waals surface area contributed by atoms with E-state index >= 15 is 0 Å². The minimum atomic E-state index is -0.183. The van der Waals surface area contributed by atoms with Gasteiger partial charge in [0.2, 0.25) is 5.91 Å². The molecule has 1 aliphatic carbocycles. The molecule has 2 aromatic rings. The van der Waals surface area contributed by atoms with Gasteiger partial charge in [0.15, 0.2) is 11.6 Å². The van der Waals surface area contributed by atoms with Crippen molar-refractivity contribution >= 4 is 34.8 Å². The van der Waals surface area contributed by atoms with Gasteiger partial charge in [-0.3, -0.25) is 9.59 Å². The number of aromatic nitrogens is 2. The minimum absolute atomic E-state index is 0.101. The van der Waals surface area contributed by atoms with Gasteiger partial charge in [0.25, 0.3) is 5.91 Å².